The fraction of sp³-hybridized carbons (Fsp3) is 0. The Hall–Kier alpha value is -6.72. The number of rotatable bonds is 4. The first-order valence-electron chi connectivity index (χ1n) is 16.3. The fourth-order valence-electron chi connectivity index (χ4n) is 7.14. The normalized spacial score (nSPS) is 11.7. The van der Waals surface area contributed by atoms with Crippen LogP contribution in [0.3, 0.4) is 0 Å². The summed E-state index contributed by atoms with van der Waals surface area (Å²) in [6, 6.07) is 50.1. The topological polar surface area (TPSA) is 64.7 Å². The maximum atomic E-state index is 6.21. The Morgan fingerprint density at radius 1 is 0.388 bits per heavy atom. The zero-order valence-electron chi connectivity index (χ0n) is 26.2. The Bertz CT molecular complexity index is 2890. The molecule has 0 radical (unpaired) electrons. The van der Waals surface area contributed by atoms with E-state index in [1.807, 2.05) is 67.0 Å². The lowest BCUT2D eigenvalue weighted by Gasteiger charge is -2.14. The number of hydrogen-bond acceptors (Lipinski definition) is 5. The van der Waals surface area contributed by atoms with Crippen molar-refractivity contribution in [3.8, 4) is 45.3 Å². The van der Waals surface area contributed by atoms with E-state index < -0.39 is 0 Å². The Labute approximate surface area is 281 Å². The van der Waals surface area contributed by atoms with Crippen LogP contribution in [0, 0.1) is 0 Å². The quantitative estimate of drug-likeness (QED) is 0.182. The molecular weight excluding hydrogens is 601 g/mol. The SMILES string of the molecule is c1ccc(-c2nc(-c3cccc(-c4cccc5oc6ccccc6c45)c3)nc(-c3cc4ccc5cnccc5c4c4ccccc34)n2)cc1. The predicted molar refractivity (Wildman–Crippen MR) is 199 cm³/mol. The summed E-state index contributed by atoms with van der Waals surface area (Å²) in [7, 11) is 0. The third-order valence-corrected chi connectivity index (χ3v) is 9.38. The van der Waals surface area contributed by atoms with Crippen molar-refractivity contribution in [2.24, 2.45) is 0 Å². The standard InChI is InChI=1S/C44H26N4O/c1-2-10-27(11-3-1)42-46-43(30-13-8-12-28(24-30)32-17-9-19-39-41(32)36-16-6-7-18-38(36)49-39)48-44(47-42)37-25-29-20-21-31-26-45-23-22-33(31)40(29)35-15-5-4-14-34(35)37/h1-26H. The molecule has 0 atom stereocenters. The van der Waals surface area contributed by atoms with Crippen LogP contribution in [0.1, 0.15) is 0 Å². The van der Waals surface area contributed by atoms with Crippen LogP contribution in [0.15, 0.2) is 162 Å². The molecule has 0 N–H and O–H groups in total. The molecule has 49 heavy (non-hydrogen) atoms. The van der Waals surface area contributed by atoms with E-state index in [2.05, 4.69) is 96.0 Å². The average Bonchev–Trinajstić information content (AvgIpc) is 3.57. The Morgan fingerprint density at radius 3 is 1.96 bits per heavy atom. The zero-order chi connectivity index (χ0) is 32.3. The molecule has 0 bridgehead atoms. The summed E-state index contributed by atoms with van der Waals surface area (Å²) in [4.78, 5) is 19.8. The molecule has 10 aromatic rings. The van der Waals surface area contributed by atoms with E-state index >= 15 is 0 Å². The molecule has 0 unspecified atom stereocenters. The molecule has 5 heteroatoms. The van der Waals surface area contributed by atoms with Gasteiger partial charge in [0.2, 0.25) is 0 Å². The highest BCUT2D eigenvalue weighted by molar-refractivity contribution is 6.23. The first-order valence-corrected chi connectivity index (χ1v) is 16.3. The van der Waals surface area contributed by atoms with Crippen LogP contribution in [0.5, 0.6) is 0 Å². The monoisotopic (exact) mass is 626 g/mol. The number of para-hydroxylation sites is 1. The van der Waals surface area contributed by atoms with Gasteiger partial charge in [-0.15, -0.1) is 0 Å². The van der Waals surface area contributed by atoms with Crippen molar-refractivity contribution in [1.29, 1.82) is 0 Å². The van der Waals surface area contributed by atoms with Gasteiger partial charge in [0.15, 0.2) is 17.5 Å². The van der Waals surface area contributed by atoms with Crippen molar-refractivity contribution in [3.05, 3.63) is 158 Å². The van der Waals surface area contributed by atoms with Crippen molar-refractivity contribution in [3.63, 3.8) is 0 Å². The molecule has 0 saturated heterocycles. The zero-order valence-corrected chi connectivity index (χ0v) is 26.2. The molecule has 7 aromatic carbocycles. The Balaban J connectivity index is 1.21. The first kappa shape index (κ1) is 27.4. The van der Waals surface area contributed by atoms with Crippen LogP contribution in [0.4, 0.5) is 0 Å². The van der Waals surface area contributed by atoms with Gasteiger partial charge < -0.3 is 4.42 Å². The van der Waals surface area contributed by atoms with Gasteiger partial charge in [-0.25, -0.2) is 15.0 Å². The molecule has 228 valence electrons. The molecule has 0 fully saturated rings. The van der Waals surface area contributed by atoms with Gasteiger partial charge in [-0.05, 0) is 68.4 Å². The van der Waals surface area contributed by atoms with Gasteiger partial charge in [-0.3, -0.25) is 4.98 Å². The Morgan fingerprint density at radius 2 is 1.06 bits per heavy atom. The van der Waals surface area contributed by atoms with E-state index in [0.717, 1.165) is 71.3 Å². The lowest BCUT2D eigenvalue weighted by Crippen LogP contribution is -2.01. The van der Waals surface area contributed by atoms with E-state index in [0.29, 0.717) is 17.5 Å². The van der Waals surface area contributed by atoms with Crippen molar-refractivity contribution < 1.29 is 4.42 Å². The predicted octanol–water partition coefficient (Wildman–Crippen LogP) is 11.3. The smallest absolute Gasteiger partial charge is 0.164 e. The Kier molecular flexibility index (Phi) is 6.11. The maximum absolute atomic E-state index is 6.21. The third kappa shape index (κ3) is 4.48. The summed E-state index contributed by atoms with van der Waals surface area (Å²) in [5, 5.41) is 9.04. The maximum Gasteiger partial charge on any atom is 0.164 e. The second kappa shape index (κ2) is 10.9. The van der Waals surface area contributed by atoms with Crippen molar-refractivity contribution in [2.45, 2.75) is 0 Å². The summed E-state index contributed by atoms with van der Waals surface area (Å²) in [6.45, 7) is 0. The highest BCUT2D eigenvalue weighted by Gasteiger charge is 2.18. The number of benzene rings is 7. The summed E-state index contributed by atoms with van der Waals surface area (Å²) in [6.07, 6.45) is 3.78. The van der Waals surface area contributed by atoms with Gasteiger partial charge in [-0.1, -0.05) is 115 Å². The number of furan rings is 1. The van der Waals surface area contributed by atoms with E-state index in [1.54, 1.807) is 0 Å². The summed E-state index contributed by atoms with van der Waals surface area (Å²) in [5.74, 6) is 1.87. The average molecular weight is 627 g/mol. The molecule has 0 spiro atoms. The number of nitrogens with zero attached hydrogens (tertiary/aromatic N) is 4. The van der Waals surface area contributed by atoms with Crippen molar-refractivity contribution >= 4 is 54.3 Å². The summed E-state index contributed by atoms with van der Waals surface area (Å²) >= 11 is 0. The largest absolute Gasteiger partial charge is 0.456 e. The minimum atomic E-state index is 0.615. The second-order valence-corrected chi connectivity index (χ2v) is 12.3. The van der Waals surface area contributed by atoms with Gasteiger partial charge >= 0.3 is 0 Å². The van der Waals surface area contributed by atoms with Gasteiger partial charge in [0.1, 0.15) is 11.2 Å². The van der Waals surface area contributed by atoms with E-state index in [4.69, 9.17) is 19.4 Å². The third-order valence-electron chi connectivity index (χ3n) is 9.38. The minimum absolute atomic E-state index is 0.615. The van der Waals surface area contributed by atoms with Crippen LogP contribution in [0.25, 0.3) is 99.5 Å². The van der Waals surface area contributed by atoms with Crippen LogP contribution in [-0.4, -0.2) is 19.9 Å². The molecule has 10 rings (SSSR count). The first-order chi connectivity index (χ1) is 24.3. The van der Waals surface area contributed by atoms with E-state index in [9.17, 15) is 0 Å². The molecule has 3 aromatic heterocycles. The van der Waals surface area contributed by atoms with Crippen molar-refractivity contribution in [1.82, 2.24) is 19.9 Å². The lowest BCUT2D eigenvalue weighted by atomic mass is 9.93. The number of pyridine rings is 1. The number of hydrogen-bond donors (Lipinski definition) is 0. The number of fused-ring (bicyclic) bond motifs is 8. The molecule has 0 saturated carbocycles. The molecular formula is C44H26N4O. The molecule has 3 heterocycles. The summed E-state index contributed by atoms with van der Waals surface area (Å²) < 4.78 is 6.21. The van der Waals surface area contributed by atoms with Gasteiger partial charge in [0, 0.05) is 45.2 Å². The van der Waals surface area contributed by atoms with Gasteiger partial charge in [-0.2, -0.15) is 0 Å². The van der Waals surface area contributed by atoms with Crippen LogP contribution in [-0.2, 0) is 0 Å². The highest BCUT2D eigenvalue weighted by atomic mass is 16.3. The highest BCUT2D eigenvalue weighted by Crippen LogP contribution is 2.40. The van der Waals surface area contributed by atoms with E-state index in [-0.39, 0.29) is 0 Å². The molecule has 0 aliphatic carbocycles. The molecule has 0 aliphatic heterocycles. The van der Waals surface area contributed by atoms with Crippen molar-refractivity contribution in [2.75, 3.05) is 0 Å². The van der Waals surface area contributed by atoms with E-state index in [1.165, 1.54) is 10.8 Å². The van der Waals surface area contributed by atoms with Gasteiger partial charge in [0.25, 0.3) is 0 Å². The number of aromatic nitrogens is 4. The van der Waals surface area contributed by atoms with Crippen LogP contribution < -0.4 is 0 Å². The fourth-order valence-corrected chi connectivity index (χ4v) is 7.14. The minimum Gasteiger partial charge on any atom is -0.456 e. The second-order valence-electron chi connectivity index (χ2n) is 12.3. The molecule has 0 amide bonds. The molecule has 5 nitrogen and oxygen atoms in total. The summed E-state index contributed by atoms with van der Waals surface area (Å²) in [5.41, 5.74) is 6.71. The van der Waals surface area contributed by atoms with Crippen LogP contribution in [0.2, 0.25) is 0 Å². The van der Waals surface area contributed by atoms with Gasteiger partial charge in [0.05, 0.1) is 0 Å². The molecule has 0 aliphatic rings. The lowest BCUT2D eigenvalue weighted by molar-refractivity contribution is 0.669. The van der Waals surface area contributed by atoms with Crippen LogP contribution >= 0.6 is 0 Å².